The first kappa shape index (κ1) is 25.7. The lowest BCUT2D eigenvalue weighted by Gasteiger charge is -2.35. The van der Waals surface area contributed by atoms with E-state index in [4.69, 9.17) is 10.2 Å². The van der Waals surface area contributed by atoms with Gasteiger partial charge in [-0.05, 0) is 67.6 Å². The summed E-state index contributed by atoms with van der Waals surface area (Å²) in [6.45, 7) is 10.5. The van der Waals surface area contributed by atoms with Gasteiger partial charge in [-0.15, -0.1) is 0 Å². The maximum Gasteiger partial charge on any atom is 0.259 e. The predicted molar refractivity (Wildman–Crippen MR) is 150 cm³/mol. The lowest BCUT2D eigenvalue weighted by atomic mass is 9.99. The highest BCUT2D eigenvalue weighted by atomic mass is 16.1. The van der Waals surface area contributed by atoms with Crippen LogP contribution in [-0.2, 0) is 6.54 Å². The van der Waals surface area contributed by atoms with Crippen molar-refractivity contribution in [3.63, 3.8) is 0 Å². The van der Waals surface area contributed by atoms with Gasteiger partial charge in [0.05, 0.1) is 29.1 Å². The summed E-state index contributed by atoms with van der Waals surface area (Å²) in [5.74, 6) is 2.24. The number of carbonyl (C=O) groups is 1. The van der Waals surface area contributed by atoms with Crippen molar-refractivity contribution >= 4 is 23.2 Å². The van der Waals surface area contributed by atoms with Crippen LogP contribution in [-0.4, -0.2) is 60.0 Å². The molecular formula is C30H35N7O. The number of nitrogens with one attached hydrogen (secondary N) is 1. The molecule has 2 aliphatic heterocycles. The molecule has 5 rings (SSSR count). The molecule has 2 aliphatic rings. The number of piperidine rings is 1. The highest BCUT2D eigenvalue weighted by molar-refractivity contribution is 6.07. The van der Waals surface area contributed by atoms with Crippen LogP contribution < -0.4 is 15.1 Å². The Balaban J connectivity index is 1.18. The number of hydrogen-bond donors (Lipinski definition) is 1. The third-order valence-corrected chi connectivity index (χ3v) is 7.51. The Morgan fingerprint density at radius 1 is 1.03 bits per heavy atom. The molecule has 1 N–H and O–H groups in total. The van der Waals surface area contributed by atoms with Crippen molar-refractivity contribution in [2.75, 3.05) is 54.4 Å². The second-order valence-electron chi connectivity index (χ2n) is 10.4. The second kappa shape index (κ2) is 11.6. The quantitative estimate of drug-likeness (QED) is 0.525. The molecule has 0 unspecified atom stereocenters. The normalized spacial score (nSPS) is 16.8. The van der Waals surface area contributed by atoms with Crippen molar-refractivity contribution in [1.29, 1.82) is 5.26 Å². The van der Waals surface area contributed by atoms with Crippen LogP contribution in [0.3, 0.4) is 0 Å². The van der Waals surface area contributed by atoms with Gasteiger partial charge in [0.25, 0.3) is 5.91 Å². The van der Waals surface area contributed by atoms with Crippen molar-refractivity contribution in [2.45, 2.75) is 33.2 Å². The third-order valence-electron chi connectivity index (χ3n) is 7.51. The molecule has 0 spiro atoms. The van der Waals surface area contributed by atoms with Crippen molar-refractivity contribution in [1.82, 2.24) is 14.9 Å². The molecule has 2 saturated heterocycles. The summed E-state index contributed by atoms with van der Waals surface area (Å²) in [5.41, 5.74) is 4.06. The van der Waals surface area contributed by atoms with E-state index in [9.17, 15) is 4.79 Å². The number of nitrogens with zero attached hydrogens (tertiary/aromatic N) is 6. The van der Waals surface area contributed by atoms with Gasteiger partial charge in [-0.1, -0.05) is 19.1 Å². The molecular weight excluding hydrogens is 474 g/mol. The molecule has 2 fully saturated rings. The summed E-state index contributed by atoms with van der Waals surface area (Å²) in [5, 5.41) is 12.2. The minimum absolute atomic E-state index is 0.158. The summed E-state index contributed by atoms with van der Waals surface area (Å²) < 4.78 is 0. The van der Waals surface area contributed by atoms with Crippen LogP contribution in [0, 0.1) is 24.2 Å². The molecule has 196 valence electrons. The number of nitriles is 1. The molecule has 0 atom stereocenters. The van der Waals surface area contributed by atoms with Crippen molar-refractivity contribution in [2.24, 2.45) is 5.92 Å². The van der Waals surface area contributed by atoms with Gasteiger partial charge in [-0.3, -0.25) is 9.69 Å². The number of piperazine rings is 1. The Labute approximate surface area is 224 Å². The molecule has 1 amide bonds. The molecule has 0 aliphatic carbocycles. The maximum atomic E-state index is 13.2. The van der Waals surface area contributed by atoms with Gasteiger partial charge in [0, 0.05) is 51.5 Å². The van der Waals surface area contributed by atoms with Crippen LogP contribution in [0.15, 0.2) is 54.7 Å². The number of amides is 1. The highest BCUT2D eigenvalue weighted by Crippen LogP contribution is 2.26. The topological polar surface area (TPSA) is 88.4 Å². The lowest BCUT2D eigenvalue weighted by molar-refractivity contribution is 0.102. The SMILES string of the molecule is Cc1ccc(C(=O)Nc2ccc(N3CCN(Cc4cccc(C#N)c4)CC3)nc2)c(N2CCC(C)CC2)n1. The number of pyridine rings is 2. The fourth-order valence-corrected chi connectivity index (χ4v) is 5.16. The van der Waals surface area contributed by atoms with E-state index in [2.05, 4.69) is 44.1 Å². The molecule has 3 aromatic rings. The number of carbonyl (C=O) groups excluding carboxylic acids is 1. The minimum atomic E-state index is -0.158. The van der Waals surface area contributed by atoms with Crippen molar-refractivity contribution in [3.8, 4) is 6.07 Å². The van der Waals surface area contributed by atoms with E-state index < -0.39 is 0 Å². The highest BCUT2D eigenvalue weighted by Gasteiger charge is 2.23. The zero-order valence-corrected chi connectivity index (χ0v) is 22.2. The molecule has 38 heavy (non-hydrogen) atoms. The van der Waals surface area contributed by atoms with Crippen molar-refractivity contribution < 1.29 is 4.79 Å². The van der Waals surface area contributed by atoms with Gasteiger partial charge in [-0.25, -0.2) is 9.97 Å². The third kappa shape index (κ3) is 6.12. The Morgan fingerprint density at radius 3 is 2.53 bits per heavy atom. The van der Waals surface area contributed by atoms with Gasteiger partial charge in [-0.2, -0.15) is 5.26 Å². The number of benzene rings is 1. The molecule has 0 bridgehead atoms. The second-order valence-corrected chi connectivity index (χ2v) is 10.4. The number of rotatable bonds is 6. The maximum absolute atomic E-state index is 13.2. The minimum Gasteiger partial charge on any atom is -0.356 e. The summed E-state index contributed by atoms with van der Waals surface area (Å²) in [7, 11) is 0. The van der Waals surface area contributed by atoms with E-state index in [1.807, 2.05) is 49.4 Å². The predicted octanol–water partition coefficient (Wildman–Crippen LogP) is 4.47. The number of anilines is 3. The van der Waals surface area contributed by atoms with E-state index in [1.54, 1.807) is 6.20 Å². The summed E-state index contributed by atoms with van der Waals surface area (Å²) in [4.78, 5) is 29.5. The smallest absolute Gasteiger partial charge is 0.259 e. The Hall–Kier alpha value is -3.96. The molecule has 1 aromatic carbocycles. The average Bonchev–Trinajstić information content (AvgIpc) is 2.94. The number of hydrogen-bond acceptors (Lipinski definition) is 7. The number of aryl methyl sites for hydroxylation is 1. The van der Waals surface area contributed by atoms with E-state index in [0.717, 1.165) is 81.5 Å². The zero-order valence-electron chi connectivity index (χ0n) is 22.2. The van der Waals surface area contributed by atoms with Crippen LogP contribution in [0.1, 0.15) is 46.9 Å². The Kier molecular flexibility index (Phi) is 7.85. The van der Waals surface area contributed by atoms with Gasteiger partial charge in [0.1, 0.15) is 11.6 Å². The monoisotopic (exact) mass is 509 g/mol. The molecule has 2 aromatic heterocycles. The summed E-state index contributed by atoms with van der Waals surface area (Å²) >= 11 is 0. The Morgan fingerprint density at radius 2 is 1.82 bits per heavy atom. The van der Waals surface area contributed by atoms with Crippen LogP contribution in [0.5, 0.6) is 0 Å². The first-order valence-electron chi connectivity index (χ1n) is 13.4. The van der Waals surface area contributed by atoms with Crippen LogP contribution >= 0.6 is 0 Å². The molecule has 0 radical (unpaired) electrons. The van der Waals surface area contributed by atoms with E-state index in [0.29, 0.717) is 22.7 Å². The van der Waals surface area contributed by atoms with Gasteiger partial charge >= 0.3 is 0 Å². The zero-order chi connectivity index (χ0) is 26.5. The van der Waals surface area contributed by atoms with Gasteiger partial charge in [0.15, 0.2) is 0 Å². The fourth-order valence-electron chi connectivity index (χ4n) is 5.16. The van der Waals surface area contributed by atoms with E-state index in [-0.39, 0.29) is 5.91 Å². The molecule has 8 nitrogen and oxygen atoms in total. The first-order chi connectivity index (χ1) is 18.5. The average molecular weight is 510 g/mol. The molecule has 0 saturated carbocycles. The van der Waals surface area contributed by atoms with Crippen molar-refractivity contribution in [3.05, 3.63) is 77.1 Å². The van der Waals surface area contributed by atoms with Crippen LogP contribution in [0.25, 0.3) is 0 Å². The fraction of sp³-hybridized carbons (Fsp3) is 0.400. The lowest BCUT2D eigenvalue weighted by Crippen LogP contribution is -2.46. The van der Waals surface area contributed by atoms with E-state index in [1.165, 1.54) is 0 Å². The van der Waals surface area contributed by atoms with Gasteiger partial charge in [0.2, 0.25) is 0 Å². The standard InChI is InChI=1S/C30H35N7O/c1-22-10-12-37(13-11-22)29-27(8-6-23(2)33-29)30(38)34-26-7-9-28(32-20-26)36-16-14-35(15-17-36)21-25-5-3-4-24(18-25)19-31/h3-9,18,20,22H,10-17,21H2,1-2H3,(H,34,38). The Bertz CT molecular complexity index is 1300. The van der Waals surface area contributed by atoms with Crippen LogP contribution in [0.4, 0.5) is 17.3 Å². The first-order valence-corrected chi connectivity index (χ1v) is 13.4. The van der Waals surface area contributed by atoms with Crippen LogP contribution in [0.2, 0.25) is 0 Å². The van der Waals surface area contributed by atoms with Gasteiger partial charge < -0.3 is 15.1 Å². The molecule has 4 heterocycles. The number of aromatic nitrogens is 2. The molecule has 8 heteroatoms. The van der Waals surface area contributed by atoms with E-state index >= 15 is 0 Å². The largest absolute Gasteiger partial charge is 0.356 e. The summed E-state index contributed by atoms with van der Waals surface area (Å²) in [6, 6.07) is 17.7. The summed E-state index contributed by atoms with van der Waals surface area (Å²) in [6.07, 6.45) is 3.96.